The van der Waals surface area contributed by atoms with E-state index in [1.54, 1.807) is 26.0 Å². The number of likely N-dealkylation sites (N-methyl/N-ethyl adjacent to an activating group) is 2. The molecule has 0 bridgehead atoms. The Balaban J connectivity index is 2.04. The molecule has 1 aliphatic heterocycles. The third-order valence-corrected chi connectivity index (χ3v) is 6.91. The first-order chi connectivity index (χ1) is 17.3. The van der Waals surface area contributed by atoms with Crippen LogP contribution in [0.1, 0.15) is 59.7 Å². The third kappa shape index (κ3) is 5.71. The van der Waals surface area contributed by atoms with E-state index in [9.17, 15) is 28.7 Å². The second-order valence-corrected chi connectivity index (χ2v) is 9.89. The Morgan fingerprint density at radius 1 is 1.24 bits per heavy atom. The van der Waals surface area contributed by atoms with Crippen molar-refractivity contribution in [3.05, 3.63) is 57.0 Å². The van der Waals surface area contributed by atoms with Crippen LogP contribution in [0.2, 0.25) is 0 Å². The fourth-order valence-corrected chi connectivity index (χ4v) is 4.40. The van der Waals surface area contributed by atoms with E-state index < -0.39 is 46.2 Å². The topological polar surface area (TPSA) is 122 Å². The molecule has 0 spiro atoms. The number of hydrogen-bond donors (Lipinski definition) is 1. The van der Waals surface area contributed by atoms with E-state index in [1.807, 2.05) is 0 Å². The summed E-state index contributed by atoms with van der Waals surface area (Å²) < 4.78 is 20.4. The molecule has 0 unspecified atom stereocenters. The molecule has 1 aromatic carbocycles. The summed E-state index contributed by atoms with van der Waals surface area (Å²) in [6, 6.07) is 3.69. The van der Waals surface area contributed by atoms with Crippen LogP contribution in [0.25, 0.3) is 0 Å². The van der Waals surface area contributed by atoms with Crippen molar-refractivity contribution in [3.63, 3.8) is 0 Å². The molecule has 0 fully saturated rings. The molecule has 3 rings (SSSR count). The lowest BCUT2D eigenvalue weighted by atomic mass is 9.98. The van der Waals surface area contributed by atoms with Crippen molar-refractivity contribution in [2.75, 3.05) is 28.3 Å². The van der Waals surface area contributed by atoms with Crippen molar-refractivity contribution >= 4 is 17.6 Å². The summed E-state index contributed by atoms with van der Waals surface area (Å²) in [5.74, 6) is -3.18. The van der Waals surface area contributed by atoms with Gasteiger partial charge in [0.2, 0.25) is 5.75 Å². The number of amides is 2. The maximum atomic E-state index is 13.6. The quantitative estimate of drug-likeness (QED) is 0.460. The molecule has 2 heterocycles. The second kappa shape index (κ2) is 10.8. The number of benzene rings is 1. The average molecular weight is 517 g/mol. The number of ketones is 1. The van der Waals surface area contributed by atoms with Gasteiger partial charge in [-0.15, -0.1) is 0 Å². The number of aromatic hydroxyl groups is 1. The molecule has 0 saturated heterocycles. The fourth-order valence-electron chi connectivity index (χ4n) is 4.40. The highest BCUT2D eigenvalue weighted by atomic mass is 19.1. The number of aryl methyl sites for hydroxylation is 2. The average Bonchev–Trinajstić information content (AvgIpc) is 3.02. The zero-order valence-corrected chi connectivity index (χ0v) is 22.0. The normalized spacial score (nSPS) is 19.1. The van der Waals surface area contributed by atoms with Crippen LogP contribution in [0.15, 0.2) is 23.0 Å². The molecule has 37 heavy (non-hydrogen) atoms. The second-order valence-electron chi connectivity index (χ2n) is 9.89. The molecule has 2 atom stereocenters. The van der Waals surface area contributed by atoms with Crippen molar-refractivity contribution in [2.24, 2.45) is 0 Å². The van der Waals surface area contributed by atoms with Gasteiger partial charge in [0, 0.05) is 34.7 Å². The summed E-state index contributed by atoms with van der Waals surface area (Å²) in [4.78, 5) is 58.4. The Labute approximate surface area is 214 Å². The van der Waals surface area contributed by atoms with Crippen molar-refractivity contribution < 1.29 is 28.6 Å². The molecule has 2 aromatic rings. The number of carbonyl (C=O) groups is 3. The summed E-state index contributed by atoms with van der Waals surface area (Å²) in [5, 5.41) is 10.7. The maximum Gasteiger partial charge on any atom is 0.312 e. The summed E-state index contributed by atoms with van der Waals surface area (Å²) >= 11 is 0. The van der Waals surface area contributed by atoms with Gasteiger partial charge in [-0.3, -0.25) is 23.7 Å². The van der Waals surface area contributed by atoms with Crippen molar-refractivity contribution in [2.45, 2.75) is 57.7 Å². The Hall–Kier alpha value is -3.60. The molecular formula is C26H33FN4O6. The molecule has 0 aliphatic carbocycles. The first kappa shape index (κ1) is 28.0. The summed E-state index contributed by atoms with van der Waals surface area (Å²) in [5.41, 5.74) is -0.886. The maximum absolute atomic E-state index is 13.6. The lowest BCUT2D eigenvalue weighted by molar-refractivity contribution is -0.151. The highest BCUT2D eigenvalue weighted by Crippen LogP contribution is 2.34. The first-order valence-corrected chi connectivity index (χ1v) is 11.9. The van der Waals surface area contributed by atoms with E-state index in [1.165, 1.54) is 43.8 Å². The SMILES string of the molecule is CO[C@@]1(C)CC[C@@H](N(C)C(=O)C(=O)N(C)C)c2nc(C(=O)CCc3ccc(F)c(C)c3)c(O)c(=O)n2C1. The number of fused-ring (bicyclic) bond motifs is 1. The van der Waals surface area contributed by atoms with Gasteiger partial charge in [-0.1, -0.05) is 12.1 Å². The van der Waals surface area contributed by atoms with Gasteiger partial charge < -0.3 is 19.6 Å². The molecule has 11 heteroatoms. The number of Topliss-reactive ketones (excluding diaryl/α,β-unsaturated/α-hetero) is 1. The van der Waals surface area contributed by atoms with Crippen molar-refractivity contribution in [1.29, 1.82) is 0 Å². The highest BCUT2D eigenvalue weighted by molar-refractivity contribution is 6.34. The lowest BCUT2D eigenvalue weighted by Gasteiger charge is -2.28. The number of rotatable bonds is 6. The van der Waals surface area contributed by atoms with E-state index in [0.717, 1.165) is 10.5 Å². The fraction of sp³-hybridized carbons (Fsp3) is 0.500. The van der Waals surface area contributed by atoms with Gasteiger partial charge in [0.25, 0.3) is 5.56 Å². The molecule has 1 N–H and O–H groups in total. The van der Waals surface area contributed by atoms with E-state index >= 15 is 0 Å². The number of methoxy groups -OCH3 is 1. The number of halogens is 1. The molecule has 200 valence electrons. The summed E-state index contributed by atoms with van der Waals surface area (Å²) in [6.45, 7) is 3.44. The van der Waals surface area contributed by atoms with Crippen LogP contribution in [0, 0.1) is 12.7 Å². The predicted molar refractivity (Wildman–Crippen MR) is 133 cm³/mol. The van der Waals surface area contributed by atoms with E-state index in [4.69, 9.17) is 4.74 Å². The largest absolute Gasteiger partial charge is 0.501 e. The molecule has 2 amide bonds. The van der Waals surface area contributed by atoms with Crippen LogP contribution in [0.4, 0.5) is 4.39 Å². The van der Waals surface area contributed by atoms with Crippen LogP contribution in [-0.2, 0) is 27.3 Å². The lowest BCUT2D eigenvalue weighted by Crippen LogP contribution is -2.43. The minimum atomic E-state index is -0.832. The Bertz CT molecular complexity index is 1290. The summed E-state index contributed by atoms with van der Waals surface area (Å²) in [6.07, 6.45) is 0.884. The van der Waals surface area contributed by atoms with E-state index in [2.05, 4.69) is 4.98 Å². The zero-order valence-electron chi connectivity index (χ0n) is 22.0. The molecule has 0 radical (unpaired) electrons. The Kier molecular flexibility index (Phi) is 8.16. The number of aromatic nitrogens is 2. The standard InChI is InChI=1S/C26H33FN4O6/c1-15-13-16(7-9-17(15)27)8-10-19(32)20-21(33)23(34)31-14-26(2,37-6)12-11-18(22(31)28-20)30(5)25(36)24(35)29(3)4/h7,9,13,18,33H,8,10-12,14H2,1-6H3/t18-,26+/m1/s1. The minimum Gasteiger partial charge on any atom is -0.501 e. The predicted octanol–water partition coefficient (Wildman–Crippen LogP) is 2.00. The number of carbonyl (C=O) groups excluding carboxylic acids is 3. The molecular weight excluding hydrogens is 483 g/mol. The van der Waals surface area contributed by atoms with Crippen LogP contribution >= 0.6 is 0 Å². The summed E-state index contributed by atoms with van der Waals surface area (Å²) in [7, 11) is 5.85. The van der Waals surface area contributed by atoms with Crippen molar-refractivity contribution in [3.8, 4) is 5.75 Å². The van der Waals surface area contributed by atoms with E-state index in [-0.39, 0.29) is 31.0 Å². The van der Waals surface area contributed by atoms with Gasteiger partial charge in [-0.05, 0) is 50.3 Å². The first-order valence-electron chi connectivity index (χ1n) is 11.9. The van der Waals surface area contributed by atoms with Crippen LogP contribution in [0.3, 0.4) is 0 Å². The van der Waals surface area contributed by atoms with Gasteiger partial charge in [0.05, 0.1) is 18.2 Å². The molecule has 1 aromatic heterocycles. The Morgan fingerprint density at radius 3 is 2.51 bits per heavy atom. The molecule has 0 saturated carbocycles. The number of nitrogens with zero attached hydrogens (tertiary/aromatic N) is 4. The Morgan fingerprint density at radius 2 is 1.92 bits per heavy atom. The van der Waals surface area contributed by atoms with Gasteiger partial charge in [0.1, 0.15) is 11.6 Å². The van der Waals surface area contributed by atoms with Gasteiger partial charge in [-0.25, -0.2) is 9.37 Å². The van der Waals surface area contributed by atoms with Crippen LogP contribution in [-0.4, -0.2) is 75.9 Å². The zero-order chi connectivity index (χ0) is 27.7. The van der Waals surface area contributed by atoms with E-state index in [0.29, 0.717) is 18.4 Å². The van der Waals surface area contributed by atoms with Crippen molar-refractivity contribution in [1.82, 2.24) is 19.4 Å². The molecule has 1 aliphatic rings. The van der Waals surface area contributed by atoms with Gasteiger partial charge >= 0.3 is 11.8 Å². The smallest absolute Gasteiger partial charge is 0.312 e. The number of ether oxygens (including phenoxy) is 1. The molecule has 10 nitrogen and oxygen atoms in total. The minimum absolute atomic E-state index is 0.0295. The van der Waals surface area contributed by atoms with Crippen LogP contribution < -0.4 is 5.56 Å². The van der Waals surface area contributed by atoms with Crippen LogP contribution in [0.5, 0.6) is 5.75 Å². The van der Waals surface area contributed by atoms with Gasteiger partial charge in [0.15, 0.2) is 11.5 Å². The monoisotopic (exact) mass is 516 g/mol. The highest BCUT2D eigenvalue weighted by Gasteiger charge is 2.39. The number of hydrogen-bond acceptors (Lipinski definition) is 7. The van der Waals surface area contributed by atoms with Gasteiger partial charge in [-0.2, -0.15) is 0 Å². The third-order valence-electron chi connectivity index (χ3n) is 6.91.